The Hall–Kier alpha value is -1.53. The number of aryl methyl sites for hydroxylation is 1. The third-order valence-corrected chi connectivity index (χ3v) is 2.59. The van der Waals surface area contributed by atoms with Gasteiger partial charge in [0.25, 0.3) is 0 Å². The SMILES string of the molecule is O=C=COC1CCCc2ccccc21. The number of fused-ring (bicyclic) bond motifs is 1. The van der Waals surface area contributed by atoms with Gasteiger partial charge < -0.3 is 4.74 Å². The molecule has 1 aliphatic carbocycles. The Kier molecular flexibility index (Phi) is 2.66. The molecule has 1 aromatic carbocycles. The van der Waals surface area contributed by atoms with Crippen LogP contribution in [0.5, 0.6) is 0 Å². The van der Waals surface area contributed by atoms with E-state index in [0.29, 0.717) is 0 Å². The molecule has 0 aliphatic heterocycles. The molecule has 1 unspecified atom stereocenters. The molecule has 0 radical (unpaired) electrons. The molecule has 72 valence electrons. The first kappa shape index (κ1) is 9.04. The van der Waals surface area contributed by atoms with Gasteiger partial charge in [0.15, 0.2) is 12.2 Å². The molecular formula is C12H12O2. The Morgan fingerprint density at radius 3 is 3.14 bits per heavy atom. The second kappa shape index (κ2) is 4.12. The number of rotatable bonds is 2. The van der Waals surface area contributed by atoms with Crippen molar-refractivity contribution in [2.75, 3.05) is 0 Å². The van der Waals surface area contributed by atoms with Gasteiger partial charge in [-0.2, -0.15) is 0 Å². The fraction of sp³-hybridized carbons (Fsp3) is 0.333. The predicted octanol–water partition coefficient (Wildman–Crippen LogP) is 2.43. The topological polar surface area (TPSA) is 26.3 Å². The summed E-state index contributed by atoms with van der Waals surface area (Å²) in [5.74, 6) is 1.65. The van der Waals surface area contributed by atoms with E-state index in [1.54, 1.807) is 5.94 Å². The lowest BCUT2D eigenvalue weighted by Gasteiger charge is -2.24. The molecule has 0 saturated heterocycles. The van der Waals surface area contributed by atoms with Crippen molar-refractivity contribution < 1.29 is 9.53 Å². The van der Waals surface area contributed by atoms with Gasteiger partial charge in [0.1, 0.15) is 6.10 Å². The van der Waals surface area contributed by atoms with E-state index in [2.05, 4.69) is 12.1 Å². The minimum Gasteiger partial charge on any atom is -0.482 e. The van der Waals surface area contributed by atoms with Gasteiger partial charge in [-0.1, -0.05) is 24.3 Å². The van der Waals surface area contributed by atoms with Crippen molar-refractivity contribution in [3.05, 3.63) is 41.7 Å². The molecule has 0 N–H and O–H groups in total. The van der Waals surface area contributed by atoms with Gasteiger partial charge in [0.2, 0.25) is 0 Å². The van der Waals surface area contributed by atoms with E-state index in [0.717, 1.165) is 25.5 Å². The quantitative estimate of drug-likeness (QED) is 0.526. The maximum Gasteiger partial charge on any atom is 0.167 e. The monoisotopic (exact) mass is 188 g/mol. The van der Waals surface area contributed by atoms with Gasteiger partial charge in [0, 0.05) is 0 Å². The van der Waals surface area contributed by atoms with Crippen molar-refractivity contribution in [3.8, 4) is 0 Å². The molecule has 0 fully saturated rings. The van der Waals surface area contributed by atoms with E-state index in [4.69, 9.17) is 4.74 Å². The normalized spacial score (nSPS) is 19.3. The maximum atomic E-state index is 10.1. The van der Waals surface area contributed by atoms with E-state index in [1.807, 2.05) is 12.1 Å². The third-order valence-electron chi connectivity index (χ3n) is 2.59. The zero-order valence-electron chi connectivity index (χ0n) is 7.90. The zero-order valence-corrected chi connectivity index (χ0v) is 7.90. The minimum atomic E-state index is 0.0430. The second-order valence-electron chi connectivity index (χ2n) is 3.45. The van der Waals surface area contributed by atoms with Crippen LogP contribution in [0, 0.1) is 0 Å². The zero-order chi connectivity index (χ0) is 9.80. The fourth-order valence-electron chi connectivity index (χ4n) is 1.96. The molecular weight excluding hydrogens is 176 g/mol. The van der Waals surface area contributed by atoms with Crippen LogP contribution in [-0.4, -0.2) is 5.94 Å². The van der Waals surface area contributed by atoms with Crippen molar-refractivity contribution in [2.24, 2.45) is 0 Å². The molecule has 2 heteroatoms. The number of ether oxygens (including phenoxy) is 1. The van der Waals surface area contributed by atoms with Crippen molar-refractivity contribution in [1.29, 1.82) is 0 Å². The van der Waals surface area contributed by atoms with Crippen LogP contribution < -0.4 is 0 Å². The second-order valence-corrected chi connectivity index (χ2v) is 3.45. The summed E-state index contributed by atoms with van der Waals surface area (Å²) in [6.45, 7) is 0. The molecule has 1 aromatic rings. The van der Waals surface area contributed by atoms with Gasteiger partial charge in [0.05, 0.1) is 0 Å². The summed E-state index contributed by atoms with van der Waals surface area (Å²) in [6.07, 6.45) is 4.37. The molecule has 0 amide bonds. The summed E-state index contributed by atoms with van der Waals surface area (Å²) in [5.41, 5.74) is 2.55. The number of benzene rings is 1. The van der Waals surface area contributed by atoms with Gasteiger partial charge in [-0.15, -0.1) is 0 Å². The summed E-state index contributed by atoms with van der Waals surface area (Å²) in [7, 11) is 0. The van der Waals surface area contributed by atoms with Crippen LogP contribution in [0.15, 0.2) is 30.5 Å². The Morgan fingerprint density at radius 2 is 2.29 bits per heavy atom. The maximum absolute atomic E-state index is 10.1. The lowest BCUT2D eigenvalue weighted by molar-refractivity contribution is 0.130. The Bertz CT molecular complexity index is 364. The van der Waals surface area contributed by atoms with Crippen LogP contribution in [0.1, 0.15) is 30.1 Å². The molecule has 0 bridgehead atoms. The molecule has 0 aromatic heterocycles. The highest BCUT2D eigenvalue weighted by molar-refractivity contribution is 5.42. The fourth-order valence-corrected chi connectivity index (χ4v) is 1.96. The van der Waals surface area contributed by atoms with E-state index < -0.39 is 0 Å². The summed E-state index contributed by atoms with van der Waals surface area (Å²) in [5, 5.41) is 0. The smallest absolute Gasteiger partial charge is 0.167 e. The molecule has 0 spiro atoms. The van der Waals surface area contributed by atoms with Gasteiger partial charge >= 0.3 is 0 Å². The van der Waals surface area contributed by atoms with Crippen LogP contribution in [0.3, 0.4) is 0 Å². The summed E-state index contributed by atoms with van der Waals surface area (Å²) in [4.78, 5) is 10.1. The van der Waals surface area contributed by atoms with Gasteiger partial charge in [-0.05, 0) is 30.4 Å². The molecule has 1 aliphatic rings. The standard InChI is InChI=1S/C12H12O2/c13-8-9-14-12-7-3-5-10-4-1-2-6-11(10)12/h1-2,4,6,9,12H,3,5,7H2. The predicted molar refractivity (Wildman–Crippen MR) is 53.5 cm³/mol. The summed E-state index contributed by atoms with van der Waals surface area (Å²) < 4.78 is 5.31. The van der Waals surface area contributed by atoms with E-state index in [-0.39, 0.29) is 6.10 Å². The largest absolute Gasteiger partial charge is 0.482 e. The molecule has 14 heavy (non-hydrogen) atoms. The van der Waals surface area contributed by atoms with Crippen molar-refractivity contribution in [3.63, 3.8) is 0 Å². The van der Waals surface area contributed by atoms with Crippen molar-refractivity contribution in [1.82, 2.24) is 0 Å². The first-order valence-corrected chi connectivity index (χ1v) is 4.84. The van der Waals surface area contributed by atoms with E-state index >= 15 is 0 Å². The highest BCUT2D eigenvalue weighted by Crippen LogP contribution is 2.32. The molecule has 2 nitrogen and oxygen atoms in total. The Labute approximate surface area is 83.2 Å². The Balaban J connectivity index is 2.26. The number of hydrogen-bond donors (Lipinski definition) is 0. The van der Waals surface area contributed by atoms with Crippen LogP contribution in [-0.2, 0) is 16.0 Å². The van der Waals surface area contributed by atoms with Crippen LogP contribution in [0.4, 0.5) is 0 Å². The minimum absolute atomic E-state index is 0.0430. The average Bonchev–Trinajstić information content (AvgIpc) is 2.26. The number of carbonyl (C=O) groups excluding carboxylic acids is 1. The molecule has 1 atom stereocenters. The highest BCUT2D eigenvalue weighted by Gasteiger charge is 2.19. The van der Waals surface area contributed by atoms with Gasteiger partial charge in [-0.25, -0.2) is 4.79 Å². The van der Waals surface area contributed by atoms with Crippen molar-refractivity contribution in [2.45, 2.75) is 25.4 Å². The van der Waals surface area contributed by atoms with Crippen LogP contribution in [0.2, 0.25) is 0 Å². The van der Waals surface area contributed by atoms with E-state index in [9.17, 15) is 4.79 Å². The summed E-state index contributed by atoms with van der Waals surface area (Å²) in [6, 6.07) is 8.23. The van der Waals surface area contributed by atoms with Crippen molar-refractivity contribution >= 4 is 5.94 Å². The molecule has 2 rings (SSSR count). The van der Waals surface area contributed by atoms with Crippen LogP contribution >= 0.6 is 0 Å². The molecule has 0 saturated carbocycles. The first-order valence-electron chi connectivity index (χ1n) is 4.84. The third kappa shape index (κ3) is 1.70. The highest BCUT2D eigenvalue weighted by atomic mass is 16.5. The number of hydrogen-bond acceptors (Lipinski definition) is 2. The average molecular weight is 188 g/mol. The van der Waals surface area contributed by atoms with E-state index in [1.165, 1.54) is 11.1 Å². The molecule has 0 heterocycles. The van der Waals surface area contributed by atoms with Crippen LogP contribution in [0.25, 0.3) is 0 Å². The lowest BCUT2D eigenvalue weighted by atomic mass is 9.89. The Morgan fingerprint density at radius 1 is 1.43 bits per heavy atom. The lowest BCUT2D eigenvalue weighted by Crippen LogP contribution is -2.10. The first-order chi connectivity index (χ1) is 6.92. The summed E-state index contributed by atoms with van der Waals surface area (Å²) >= 11 is 0. The van der Waals surface area contributed by atoms with Gasteiger partial charge in [-0.3, -0.25) is 0 Å².